The minimum absolute atomic E-state index is 0.000602. The van der Waals surface area contributed by atoms with Crippen molar-refractivity contribution in [2.75, 3.05) is 32.8 Å². The molecule has 22 heavy (non-hydrogen) atoms. The molecule has 0 radical (unpaired) electrons. The number of rotatable bonds is 3. The molecule has 0 fully saturated rings. The number of ether oxygens (including phenoxy) is 3. The van der Waals surface area contributed by atoms with E-state index >= 15 is 0 Å². The van der Waals surface area contributed by atoms with Crippen molar-refractivity contribution in [3.63, 3.8) is 0 Å². The molecule has 1 aromatic carbocycles. The summed E-state index contributed by atoms with van der Waals surface area (Å²) in [4.78, 5) is 6.59. The Labute approximate surface area is 132 Å². The topological polar surface area (TPSA) is 55.9 Å². The van der Waals surface area contributed by atoms with E-state index in [1.54, 1.807) is 24.6 Å². The van der Waals surface area contributed by atoms with E-state index in [4.69, 9.17) is 14.2 Å². The third-order valence-electron chi connectivity index (χ3n) is 4.09. The number of hydrogen-bond donors (Lipinski definition) is 1. The highest BCUT2D eigenvalue weighted by Crippen LogP contribution is 2.49. The van der Waals surface area contributed by atoms with Gasteiger partial charge in [-0.15, -0.1) is 11.3 Å². The predicted octanol–water partition coefficient (Wildman–Crippen LogP) is 2.48. The monoisotopic (exact) mass is 319 g/mol. The SMILES string of the molecule is COc1c2c(cc3c1[C@H](Nc1nccs1)N(C)CC3)OCO2. The van der Waals surface area contributed by atoms with E-state index in [2.05, 4.69) is 28.3 Å². The van der Waals surface area contributed by atoms with Gasteiger partial charge in [0.05, 0.1) is 7.11 Å². The molecule has 2 aliphatic rings. The number of nitrogens with zero attached hydrogens (tertiary/aromatic N) is 2. The van der Waals surface area contributed by atoms with Crippen LogP contribution in [0.3, 0.4) is 0 Å². The largest absolute Gasteiger partial charge is 0.492 e. The number of nitrogens with one attached hydrogen (secondary N) is 1. The molecule has 0 amide bonds. The second-order valence-electron chi connectivity index (χ2n) is 5.33. The molecule has 0 unspecified atom stereocenters. The number of methoxy groups -OCH3 is 1. The molecule has 0 saturated carbocycles. The molecule has 0 spiro atoms. The first-order valence-electron chi connectivity index (χ1n) is 7.13. The van der Waals surface area contributed by atoms with Gasteiger partial charge in [-0.2, -0.15) is 0 Å². The van der Waals surface area contributed by atoms with Crippen LogP contribution < -0.4 is 19.5 Å². The first-order chi connectivity index (χ1) is 10.8. The van der Waals surface area contributed by atoms with Crippen molar-refractivity contribution in [1.82, 2.24) is 9.88 Å². The first kappa shape index (κ1) is 13.7. The standard InChI is InChI=1S/C15H17N3O3S/c1-18-5-3-9-7-10-12(21-8-20-10)13(19-2)11(9)14(18)17-15-16-4-6-22-15/h4,6-7,14H,3,5,8H2,1-2H3,(H,16,17)/t14-/m1/s1. The summed E-state index contributed by atoms with van der Waals surface area (Å²) in [6, 6.07) is 2.07. The highest BCUT2D eigenvalue weighted by atomic mass is 32.1. The number of benzene rings is 1. The van der Waals surface area contributed by atoms with Crippen LogP contribution >= 0.6 is 11.3 Å². The number of aromatic nitrogens is 1. The summed E-state index contributed by atoms with van der Waals surface area (Å²) in [6.45, 7) is 1.20. The molecule has 1 atom stereocenters. The minimum atomic E-state index is -0.000602. The molecule has 6 nitrogen and oxygen atoms in total. The lowest BCUT2D eigenvalue weighted by atomic mass is 9.95. The van der Waals surface area contributed by atoms with E-state index in [9.17, 15) is 0 Å². The molecule has 1 N–H and O–H groups in total. The quantitative estimate of drug-likeness (QED) is 0.938. The van der Waals surface area contributed by atoms with Gasteiger partial charge in [-0.05, 0) is 25.1 Å². The van der Waals surface area contributed by atoms with Crippen LogP contribution in [-0.2, 0) is 6.42 Å². The van der Waals surface area contributed by atoms with Crippen LogP contribution in [0.5, 0.6) is 17.2 Å². The van der Waals surface area contributed by atoms with E-state index in [-0.39, 0.29) is 13.0 Å². The van der Waals surface area contributed by atoms with Gasteiger partial charge in [0.1, 0.15) is 6.17 Å². The second kappa shape index (κ2) is 5.33. The zero-order valence-electron chi connectivity index (χ0n) is 12.5. The van der Waals surface area contributed by atoms with Gasteiger partial charge in [-0.1, -0.05) is 0 Å². The van der Waals surface area contributed by atoms with Crippen LogP contribution in [-0.4, -0.2) is 37.4 Å². The van der Waals surface area contributed by atoms with Gasteiger partial charge >= 0.3 is 0 Å². The van der Waals surface area contributed by atoms with Crippen molar-refractivity contribution in [3.8, 4) is 17.2 Å². The molecular formula is C15H17N3O3S. The number of thiazole rings is 1. The summed E-state index contributed by atoms with van der Waals surface area (Å²) in [6.07, 6.45) is 2.75. The van der Waals surface area contributed by atoms with Crippen LogP contribution in [0.25, 0.3) is 0 Å². The Morgan fingerprint density at radius 2 is 2.36 bits per heavy atom. The molecule has 0 saturated heterocycles. The Hall–Kier alpha value is -1.99. The van der Waals surface area contributed by atoms with E-state index in [0.717, 1.165) is 35.2 Å². The summed E-state index contributed by atoms with van der Waals surface area (Å²) in [5, 5.41) is 6.34. The molecule has 2 aliphatic heterocycles. The first-order valence-corrected chi connectivity index (χ1v) is 8.01. The molecule has 4 rings (SSSR count). The fraction of sp³-hybridized carbons (Fsp3) is 0.400. The Bertz CT molecular complexity index is 690. The van der Waals surface area contributed by atoms with E-state index in [0.29, 0.717) is 5.75 Å². The van der Waals surface area contributed by atoms with Gasteiger partial charge in [-0.25, -0.2) is 4.98 Å². The third kappa shape index (κ3) is 2.08. The Balaban J connectivity index is 1.82. The highest BCUT2D eigenvalue weighted by Gasteiger charge is 2.34. The number of likely N-dealkylation sites (N-methyl/N-ethyl adjacent to an activating group) is 1. The smallest absolute Gasteiger partial charge is 0.231 e. The molecular weight excluding hydrogens is 302 g/mol. The minimum Gasteiger partial charge on any atom is -0.492 e. The van der Waals surface area contributed by atoms with Gasteiger partial charge in [0.15, 0.2) is 16.6 Å². The van der Waals surface area contributed by atoms with Crippen LogP contribution in [0.15, 0.2) is 17.6 Å². The Kier molecular flexibility index (Phi) is 3.31. The maximum absolute atomic E-state index is 5.66. The second-order valence-corrected chi connectivity index (χ2v) is 6.23. The van der Waals surface area contributed by atoms with Crippen molar-refractivity contribution in [3.05, 3.63) is 28.8 Å². The van der Waals surface area contributed by atoms with Crippen molar-refractivity contribution < 1.29 is 14.2 Å². The average Bonchev–Trinajstić information content (AvgIpc) is 3.19. The van der Waals surface area contributed by atoms with E-state index < -0.39 is 0 Å². The normalized spacial score (nSPS) is 19.8. The molecule has 7 heteroatoms. The molecule has 116 valence electrons. The van der Waals surface area contributed by atoms with Gasteiger partial charge < -0.3 is 19.5 Å². The lowest BCUT2D eigenvalue weighted by molar-refractivity contribution is 0.170. The lowest BCUT2D eigenvalue weighted by Gasteiger charge is -2.36. The highest BCUT2D eigenvalue weighted by molar-refractivity contribution is 7.13. The van der Waals surface area contributed by atoms with Crippen molar-refractivity contribution in [2.45, 2.75) is 12.6 Å². The molecule has 1 aromatic heterocycles. The lowest BCUT2D eigenvalue weighted by Crippen LogP contribution is -2.37. The Morgan fingerprint density at radius 1 is 1.45 bits per heavy atom. The number of anilines is 1. The predicted molar refractivity (Wildman–Crippen MR) is 83.9 cm³/mol. The van der Waals surface area contributed by atoms with E-state index in [1.807, 2.05) is 5.38 Å². The molecule has 2 aromatic rings. The molecule has 3 heterocycles. The van der Waals surface area contributed by atoms with Crippen molar-refractivity contribution >= 4 is 16.5 Å². The number of hydrogen-bond acceptors (Lipinski definition) is 7. The van der Waals surface area contributed by atoms with Crippen molar-refractivity contribution in [2.24, 2.45) is 0 Å². The zero-order chi connectivity index (χ0) is 15.1. The third-order valence-corrected chi connectivity index (χ3v) is 4.79. The zero-order valence-corrected chi connectivity index (χ0v) is 13.3. The van der Waals surface area contributed by atoms with Crippen LogP contribution in [0, 0.1) is 0 Å². The fourth-order valence-electron chi connectivity index (χ4n) is 3.03. The summed E-state index contributed by atoms with van der Waals surface area (Å²) in [5.41, 5.74) is 2.34. The van der Waals surface area contributed by atoms with Crippen molar-refractivity contribution in [1.29, 1.82) is 0 Å². The molecule has 0 bridgehead atoms. The average molecular weight is 319 g/mol. The maximum Gasteiger partial charge on any atom is 0.231 e. The summed E-state index contributed by atoms with van der Waals surface area (Å²) < 4.78 is 16.8. The van der Waals surface area contributed by atoms with E-state index in [1.165, 1.54) is 5.56 Å². The van der Waals surface area contributed by atoms with Crippen LogP contribution in [0.2, 0.25) is 0 Å². The fourth-order valence-corrected chi connectivity index (χ4v) is 3.58. The summed E-state index contributed by atoms with van der Waals surface area (Å²) in [5.74, 6) is 2.22. The van der Waals surface area contributed by atoms with Crippen LogP contribution in [0.4, 0.5) is 5.13 Å². The maximum atomic E-state index is 5.66. The van der Waals surface area contributed by atoms with Gasteiger partial charge in [-0.3, -0.25) is 4.90 Å². The summed E-state index contributed by atoms with van der Waals surface area (Å²) >= 11 is 1.59. The van der Waals surface area contributed by atoms with Crippen LogP contribution in [0.1, 0.15) is 17.3 Å². The number of fused-ring (bicyclic) bond motifs is 2. The van der Waals surface area contributed by atoms with Gasteiger partial charge in [0, 0.05) is 23.7 Å². The van der Waals surface area contributed by atoms with Gasteiger partial charge in [0.25, 0.3) is 0 Å². The van der Waals surface area contributed by atoms with Gasteiger partial charge in [0.2, 0.25) is 12.5 Å². The summed E-state index contributed by atoms with van der Waals surface area (Å²) in [7, 11) is 3.77. The molecule has 0 aliphatic carbocycles. The Morgan fingerprint density at radius 3 is 3.14 bits per heavy atom.